The van der Waals surface area contributed by atoms with E-state index >= 15 is 0 Å². The van der Waals surface area contributed by atoms with Gasteiger partial charge in [0.25, 0.3) is 0 Å². The molecular formula is C25H21N3O4. The van der Waals surface area contributed by atoms with E-state index in [1.165, 1.54) is 0 Å². The molecule has 0 aliphatic heterocycles. The molecule has 0 bridgehead atoms. The highest BCUT2D eigenvalue weighted by atomic mass is 16.5. The second-order valence-corrected chi connectivity index (χ2v) is 7.38. The zero-order valence-electron chi connectivity index (χ0n) is 17.1. The quantitative estimate of drug-likeness (QED) is 0.558. The van der Waals surface area contributed by atoms with Crippen LogP contribution in [-0.2, 0) is 9.53 Å². The third kappa shape index (κ3) is 4.31. The van der Waals surface area contributed by atoms with Crippen LogP contribution in [0.4, 0.5) is 10.5 Å². The molecule has 32 heavy (non-hydrogen) atoms. The van der Waals surface area contributed by atoms with E-state index in [9.17, 15) is 14.7 Å². The molecule has 3 aromatic rings. The molecule has 7 heteroatoms. The number of nitriles is 1. The number of aliphatic hydroxyl groups excluding tert-OH is 1. The van der Waals surface area contributed by atoms with Crippen LogP contribution in [0.3, 0.4) is 0 Å². The first-order valence-corrected chi connectivity index (χ1v) is 10.1. The van der Waals surface area contributed by atoms with Crippen LogP contribution in [0.25, 0.3) is 11.1 Å². The number of alkyl carbamates (subject to hydrolysis) is 1. The maximum atomic E-state index is 12.4. The van der Waals surface area contributed by atoms with Gasteiger partial charge in [0.05, 0.1) is 18.2 Å². The molecule has 0 aromatic heterocycles. The second-order valence-electron chi connectivity index (χ2n) is 7.38. The number of carbonyl (C=O) groups is 2. The van der Waals surface area contributed by atoms with E-state index in [0.717, 1.165) is 22.3 Å². The summed E-state index contributed by atoms with van der Waals surface area (Å²) in [6.07, 6.45) is -0.791. The Kier molecular flexibility index (Phi) is 6.15. The van der Waals surface area contributed by atoms with Gasteiger partial charge in [0.2, 0.25) is 5.91 Å². The van der Waals surface area contributed by atoms with Crippen LogP contribution in [0.1, 0.15) is 22.6 Å². The van der Waals surface area contributed by atoms with E-state index in [1.54, 1.807) is 24.3 Å². The fraction of sp³-hybridized carbons (Fsp3) is 0.160. The molecule has 1 aliphatic rings. The van der Waals surface area contributed by atoms with Crippen LogP contribution in [0.15, 0.2) is 72.8 Å². The van der Waals surface area contributed by atoms with Gasteiger partial charge in [0, 0.05) is 11.6 Å². The summed E-state index contributed by atoms with van der Waals surface area (Å²) in [6.45, 7) is -0.485. The lowest BCUT2D eigenvalue weighted by Gasteiger charge is -2.18. The van der Waals surface area contributed by atoms with Gasteiger partial charge in [-0.05, 0) is 46.5 Å². The molecule has 4 rings (SSSR count). The van der Waals surface area contributed by atoms with Crippen LogP contribution in [0, 0.1) is 11.3 Å². The Morgan fingerprint density at radius 1 is 0.969 bits per heavy atom. The maximum Gasteiger partial charge on any atom is 0.407 e. The van der Waals surface area contributed by atoms with Gasteiger partial charge in [-0.3, -0.25) is 4.79 Å². The molecule has 3 N–H and O–H groups in total. The molecule has 0 spiro atoms. The molecule has 1 aliphatic carbocycles. The predicted molar refractivity (Wildman–Crippen MR) is 119 cm³/mol. The summed E-state index contributed by atoms with van der Waals surface area (Å²) in [4.78, 5) is 24.8. The number of hydrogen-bond donors (Lipinski definition) is 3. The summed E-state index contributed by atoms with van der Waals surface area (Å²) in [7, 11) is 0. The minimum atomic E-state index is -1.18. The van der Waals surface area contributed by atoms with Crippen molar-refractivity contribution in [2.45, 2.75) is 12.0 Å². The number of carbonyl (C=O) groups excluding carboxylic acids is 2. The Morgan fingerprint density at radius 3 is 2.12 bits per heavy atom. The van der Waals surface area contributed by atoms with Crippen molar-refractivity contribution in [1.29, 1.82) is 5.26 Å². The van der Waals surface area contributed by atoms with Crippen molar-refractivity contribution in [2.24, 2.45) is 0 Å². The molecule has 0 saturated heterocycles. The van der Waals surface area contributed by atoms with Crippen molar-refractivity contribution in [1.82, 2.24) is 5.32 Å². The number of amides is 2. The van der Waals surface area contributed by atoms with E-state index in [2.05, 4.69) is 10.6 Å². The second kappa shape index (κ2) is 9.33. The summed E-state index contributed by atoms with van der Waals surface area (Å²) < 4.78 is 5.43. The lowest BCUT2D eigenvalue weighted by Crippen LogP contribution is -2.46. The van der Waals surface area contributed by atoms with E-state index in [4.69, 9.17) is 10.00 Å². The molecule has 0 radical (unpaired) electrons. The fourth-order valence-electron chi connectivity index (χ4n) is 3.83. The van der Waals surface area contributed by atoms with Gasteiger partial charge >= 0.3 is 6.09 Å². The van der Waals surface area contributed by atoms with Gasteiger partial charge in [0.15, 0.2) is 0 Å². The average Bonchev–Trinajstić information content (AvgIpc) is 3.15. The van der Waals surface area contributed by atoms with Gasteiger partial charge in [-0.15, -0.1) is 0 Å². The van der Waals surface area contributed by atoms with E-state index in [1.807, 2.05) is 54.6 Å². The highest BCUT2D eigenvalue weighted by Crippen LogP contribution is 2.44. The van der Waals surface area contributed by atoms with Crippen LogP contribution in [0.5, 0.6) is 0 Å². The number of nitrogens with zero attached hydrogens (tertiary/aromatic N) is 1. The third-order valence-electron chi connectivity index (χ3n) is 5.42. The molecule has 0 unspecified atom stereocenters. The summed E-state index contributed by atoms with van der Waals surface area (Å²) in [6, 6.07) is 23.0. The Morgan fingerprint density at radius 2 is 1.56 bits per heavy atom. The minimum absolute atomic E-state index is 0.104. The van der Waals surface area contributed by atoms with E-state index in [-0.39, 0.29) is 12.5 Å². The Labute approximate surface area is 185 Å². The van der Waals surface area contributed by atoms with E-state index in [0.29, 0.717) is 11.3 Å². The topological polar surface area (TPSA) is 111 Å². The van der Waals surface area contributed by atoms with Crippen LogP contribution in [-0.4, -0.2) is 36.4 Å². The van der Waals surface area contributed by atoms with Crippen molar-refractivity contribution < 1.29 is 19.4 Å². The third-order valence-corrected chi connectivity index (χ3v) is 5.42. The van der Waals surface area contributed by atoms with Gasteiger partial charge < -0.3 is 20.5 Å². The molecule has 3 aromatic carbocycles. The number of benzene rings is 3. The molecule has 7 nitrogen and oxygen atoms in total. The standard InChI is InChI=1S/C25H21N3O4/c26-13-16-9-11-17(12-10-16)27-24(30)23(14-29)28-25(31)32-15-22-20-7-3-1-5-18(20)19-6-2-4-8-21(19)22/h1-12,22-23,29H,14-15H2,(H,27,30)(H,28,31)/t23-/m0/s1. The van der Waals surface area contributed by atoms with Gasteiger partial charge in [-0.25, -0.2) is 4.79 Å². The Hall–Kier alpha value is -4.15. The summed E-state index contributed by atoms with van der Waals surface area (Å²) in [5, 5.41) is 23.4. The molecular weight excluding hydrogens is 406 g/mol. The number of aliphatic hydroxyl groups is 1. The number of hydrogen-bond acceptors (Lipinski definition) is 5. The maximum absolute atomic E-state index is 12.4. The monoisotopic (exact) mass is 427 g/mol. The molecule has 0 heterocycles. The summed E-state index contributed by atoms with van der Waals surface area (Å²) >= 11 is 0. The van der Waals surface area contributed by atoms with Crippen molar-refractivity contribution in [3.8, 4) is 17.2 Å². The largest absolute Gasteiger partial charge is 0.449 e. The first-order valence-electron chi connectivity index (χ1n) is 10.1. The first-order chi connectivity index (χ1) is 15.6. The predicted octanol–water partition coefficient (Wildman–Crippen LogP) is 3.40. The lowest BCUT2D eigenvalue weighted by molar-refractivity contribution is -0.118. The lowest BCUT2D eigenvalue weighted by atomic mass is 9.98. The molecule has 160 valence electrons. The van der Waals surface area contributed by atoms with Crippen molar-refractivity contribution >= 4 is 17.7 Å². The number of ether oxygens (including phenoxy) is 1. The number of anilines is 1. The number of rotatable bonds is 6. The van der Waals surface area contributed by atoms with Crippen LogP contribution in [0.2, 0.25) is 0 Å². The average molecular weight is 427 g/mol. The van der Waals surface area contributed by atoms with Crippen LogP contribution < -0.4 is 10.6 Å². The van der Waals surface area contributed by atoms with Crippen LogP contribution >= 0.6 is 0 Å². The molecule has 1 atom stereocenters. The van der Waals surface area contributed by atoms with Crippen molar-refractivity contribution in [2.75, 3.05) is 18.5 Å². The van der Waals surface area contributed by atoms with Crippen molar-refractivity contribution in [3.63, 3.8) is 0 Å². The number of nitrogens with one attached hydrogen (secondary N) is 2. The van der Waals surface area contributed by atoms with Gasteiger partial charge in [-0.2, -0.15) is 5.26 Å². The SMILES string of the molecule is N#Cc1ccc(NC(=O)[C@H](CO)NC(=O)OCC2c3ccccc3-c3ccccc32)cc1. The fourth-order valence-corrected chi connectivity index (χ4v) is 3.83. The van der Waals surface area contributed by atoms with E-state index < -0.39 is 24.6 Å². The minimum Gasteiger partial charge on any atom is -0.449 e. The van der Waals surface area contributed by atoms with Gasteiger partial charge in [0.1, 0.15) is 12.6 Å². The Bertz CT molecular complexity index is 1140. The molecule has 2 amide bonds. The zero-order valence-corrected chi connectivity index (χ0v) is 17.1. The molecule has 0 fully saturated rings. The highest BCUT2D eigenvalue weighted by molar-refractivity contribution is 5.96. The smallest absolute Gasteiger partial charge is 0.407 e. The van der Waals surface area contributed by atoms with Gasteiger partial charge in [-0.1, -0.05) is 48.5 Å². The molecule has 0 saturated carbocycles. The highest BCUT2D eigenvalue weighted by Gasteiger charge is 2.29. The summed E-state index contributed by atoms with van der Waals surface area (Å²) in [5.74, 6) is -0.695. The zero-order chi connectivity index (χ0) is 22.5. The Balaban J connectivity index is 1.37. The normalized spacial score (nSPS) is 12.8. The van der Waals surface area contributed by atoms with Crippen molar-refractivity contribution in [3.05, 3.63) is 89.5 Å². The first kappa shape index (κ1) is 21.1. The summed E-state index contributed by atoms with van der Waals surface area (Å²) in [5.41, 5.74) is 5.30. The number of fused-ring (bicyclic) bond motifs is 3.